The van der Waals surface area contributed by atoms with Gasteiger partial charge in [0.25, 0.3) is 0 Å². The van der Waals surface area contributed by atoms with Gasteiger partial charge in [-0.25, -0.2) is 4.98 Å². The lowest BCUT2D eigenvalue weighted by Crippen LogP contribution is -2.41. The average Bonchev–Trinajstić information content (AvgIpc) is 2.63. The number of hydrogen-bond donors (Lipinski definition) is 1. The fourth-order valence-corrected chi connectivity index (χ4v) is 4.25. The van der Waals surface area contributed by atoms with Crippen LogP contribution in [0.2, 0.25) is 18.1 Å². The summed E-state index contributed by atoms with van der Waals surface area (Å²) in [5.74, 6) is 0. The number of benzene rings is 1. The maximum Gasteiger partial charge on any atom is 0.416 e. The molecule has 0 amide bonds. The highest BCUT2D eigenvalue weighted by Crippen LogP contribution is 2.37. The van der Waals surface area contributed by atoms with Crippen molar-refractivity contribution in [3.63, 3.8) is 0 Å². The molecule has 1 unspecified atom stereocenters. The third-order valence-corrected chi connectivity index (χ3v) is 10.6. The van der Waals surface area contributed by atoms with Crippen molar-refractivity contribution < 1.29 is 22.7 Å². The zero-order valence-corrected chi connectivity index (χ0v) is 20.6. The summed E-state index contributed by atoms with van der Waals surface area (Å²) < 4.78 is 46.5. The Morgan fingerprint density at radius 2 is 1.80 bits per heavy atom. The minimum absolute atomic E-state index is 0.0664. The Bertz CT molecular complexity index is 866. The van der Waals surface area contributed by atoms with Gasteiger partial charge in [-0.2, -0.15) is 13.2 Å². The van der Waals surface area contributed by atoms with Crippen LogP contribution in [-0.2, 0) is 17.0 Å². The van der Waals surface area contributed by atoms with Gasteiger partial charge in [0.15, 0.2) is 8.32 Å². The fourth-order valence-electron chi connectivity index (χ4n) is 2.81. The van der Waals surface area contributed by atoms with E-state index < -0.39 is 26.2 Å². The van der Waals surface area contributed by atoms with E-state index in [1.165, 1.54) is 6.07 Å². The van der Waals surface area contributed by atoms with Crippen molar-refractivity contribution in [1.82, 2.24) is 4.98 Å². The van der Waals surface area contributed by atoms with Crippen molar-refractivity contribution in [3.8, 4) is 0 Å². The van der Waals surface area contributed by atoms with Crippen molar-refractivity contribution in [2.24, 2.45) is 0 Å². The number of alkyl halides is 3. The first-order valence-corrected chi connectivity index (χ1v) is 13.6. The molecule has 0 spiro atoms. The van der Waals surface area contributed by atoms with Crippen LogP contribution >= 0.6 is 15.9 Å². The molecule has 0 bridgehead atoms. The van der Waals surface area contributed by atoms with E-state index in [0.717, 1.165) is 12.1 Å². The number of pyridine rings is 1. The van der Waals surface area contributed by atoms with Crippen molar-refractivity contribution in [1.29, 1.82) is 0 Å². The highest BCUT2D eigenvalue weighted by Gasteiger charge is 2.37. The molecule has 0 radical (unpaired) electrons. The lowest BCUT2D eigenvalue weighted by molar-refractivity contribution is -0.137. The molecule has 1 aromatic carbocycles. The molecular weight excluding hydrogens is 475 g/mol. The van der Waals surface area contributed by atoms with Crippen LogP contribution in [-0.4, -0.2) is 25.0 Å². The van der Waals surface area contributed by atoms with Gasteiger partial charge in [-0.05, 0) is 82.3 Å². The van der Waals surface area contributed by atoms with Gasteiger partial charge in [0.2, 0.25) is 0 Å². The molecule has 0 aliphatic heterocycles. The SMILES string of the molecule is CC(C)(C)[Si](C)(C)OCCCc1cc(C(F)(F)F)ccc1C(O)c1cccc(Br)n1. The number of aliphatic hydroxyl groups excluding tert-OH is 1. The summed E-state index contributed by atoms with van der Waals surface area (Å²) in [6.07, 6.45) is -4.61. The highest BCUT2D eigenvalue weighted by molar-refractivity contribution is 9.10. The first kappa shape index (κ1) is 25.0. The van der Waals surface area contributed by atoms with E-state index in [1.54, 1.807) is 18.2 Å². The number of aromatic nitrogens is 1. The average molecular weight is 504 g/mol. The van der Waals surface area contributed by atoms with Crippen LogP contribution in [0.15, 0.2) is 41.0 Å². The molecule has 2 aromatic rings. The van der Waals surface area contributed by atoms with E-state index in [0.29, 0.717) is 40.9 Å². The Morgan fingerprint density at radius 3 is 2.37 bits per heavy atom. The summed E-state index contributed by atoms with van der Waals surface area (Å²) in [6, 6.07) is 8.58. The standard InChI is InChI=1S/C22H29BrF3NO2Si/c1-21(2,3)30(4,5)29-13-7-8-15-14-16(22(24,25)26)11-12-17(15)20(28)18-9-6-10-19(23)27-18/h6,9-12,14,20,28H,7-8,13H2,1-5H3. The second kappa shape index (κ2) is 9.50. The third kappa shape index (κ3) is 6.39. The number of halogens is 4. The molecule has 0 fully saturated rings. The summed E-state index contributed by atoms with van der Waals surface area (Å²) in [5.41, 5.74) is 0.544. The van der Waals surface area contributed by atoms with E-state index in [4.69, 9.17) is 4.43 Å². The van der Waals surface area contributed by atoms with Crippen LogP contribution < -0.4 is 0 Å². The van der Waals surface area contributed by atoms with Crippen molar-refractivity contribution in [2.45, 2.75) is 64.0 Å². The molecule has 0 saturated heterocycles. The summed E-state index contributed by atoms with van der Waals surface area (Å²) in [6.45, 7) is 11.2. The number of rotatable bonds is 7. The summed E-state index contributed by atoms with van der Waals surface area (Å²) in [4.78, 5) is 4.24. The molecule has 8 heteroatoms. The Hall–Kier alpha value is -1.22. The Labute approximate surface area is 185 Å². The molecule has 0 aliphatic rings. The van der Waals surface area contributed by atoms with E-state index in [2.05, 4.69) is 54.8 Å². The number of hydrogen-bond acceptors (Lipinski definition) is 3. The fraction of sp³-hybridized carbons (Fsp3) is 0.500. The minimum atomic E-state index is -4.44. The molecule has 1 aromatic heterocycles. The lowest BCUT2D eigenvalue weighted by atomic mass is 9.94. The van der Waals surface area contributed by atoms with E-state index in [1.807, 2.05) is 0 Å². The second-order valence-corrected chi connectivity index (χ2v) is 14.5. The van der Waals surface area contributed by atoms with Crippen LogP contribution in [0.3, 0.4) is 0 Å². The van der Waals surface area contributed by atoms with Gasteiger partial charge in [0, 0.05) is 6.61 Å². The molecule has 1 N–H and O–H groups in total. The second-order valence-electron chi connectivity index (χ2n) is 8.91. The number of nitrogens with zero attached hydrogens (tertiary/aromatic N) is 1. The quantitative estimate of drug-likeness (QED) is 0.253. The largest absolute Gasteiger partial charge is 0.417 e. The van der Waals surface area contributed by atoms with Crippen LogP contribution in [0.5, 0.6) is 0 Å². The number of aryl methyl sites for hydroxylation is 1. The summed E-state index contributed by atoms with van der Waals surface area (Å²) in [5, 5.41) is 10.9. The smallest absolute Gasteiger partial charge is 0.416 e. The van der Waals surface area contributed by atoms with Gasteiger partial charge in [0.05, 0.1) is 11.3 Å². The van der Waals surface area contributed by atoms with Gasteiger partial charge < -0.3 is 9.53 Å². The Balaban J connectivity index is 2.24. The summed E-state index contributed by atoms with van der Waals surface area (Å²) in [7, 11) is -1.92. The van der Waals surface area contributed by atoms with Crippen molar-refractivity contribution >= 4 is 24.2 Å². The molecule has 0 aliphatic carbocycles. The summed E-state index contributed by atoms with van der Waals surface area (Å²) >= 11 is 3.26. The zero-order chi connectivity index (χ0) is 22.7. The maximum absolute atomic E-state index is 13.3. The van der Waals surface area contributed by atoms with Crippen molar-refractivity contribution in [3.05, 3.63) is 63.4 Å². The van der Waals surface area contributed by atoms with E-state index >= 15 is 0 Å². The molecular formula is C22H29BrF3NO2Si. The first-order chi connectivity index (χ1) is 13.7. The minimum Gasteiger partial charge on any atom is -0.417 e. The van der Waals surface area contributed by atoms with Crippen LogP contribution in [0, 0.1) is 0 Å². The zero-order valence-electron chi connectivity index (χ0n) is 18.0. The van der Waals surface area contributed by atoms with E-state index in [-0.39, 0.29) is 5.04 Å². The third-order valence-electron chi connectivity index (χ3n) is 5.64. The van der Waals surface area contributed by atoms with Gasteiger partial charge >= 0.3 is 6.18 Å². The topological polar surface area (TPSA) is 42.4 Å². The predicted octanol–water partition coefficient (Wildman–Crippen LogP) is 6.90. The van der Waals surface area contributed by atoms with Gasteiger partial charge in [-0.15, -0.1) is 0 Å². The normalized spacial score (nSPS) is 14.1. The van der Waals surface area contributed by atoms with Crippen LogP contribution in [0.4, 0.5) is 13.2 Å². The molecule has 3 nitrogen and oxygen atoms in total. The Kier molecular flexibility index (Phi) is 7.93. The molecule has 30 heavy (non-hydrogen) atoms. The first-order valence-electron chi connectivity index (χ1n) is 9.87. The monoisotopic (exact) mass is 503 g/mol. The van der Waals surface area contributed by atoms with E-state index in [9.17, 15) is 18.3 Å². The molecule has 2 rings (SSSR count). The van der Waals surface area contributed by atoms with Crippen LogP contribution in [0.25, 0.3) is 0 Å². The van der Waals surface area contributed by atoms with Gasteiger partial charge in [-0.3, -0.25) is 0 Å². The van der Waals surface area contributed by atoms with Gasteiger partial charge in [0.1, 0.15) is 10.7 Å². The number of aliphatic hydroxyl groups is 1. The predicted molar refractivity (Wildman–Crippen MR) is 119 cm³/mol. The van der Waals surface area contributed by atoms with Crippen LogP contribution in [0.1, 0.15) is 55.7 Å². The lowest BCUT2D eigenvalue weighted by Gasteiger charge is -2.36. The highest BCUT2D eigenvalue weighted by atomic mass is 79.9. The molecule has 166 valence electrons. The molecule has 0 saturated carbocycles. The molecule has 1 atom stereocenters. The maximum atomic E-state index is 13.3. The Morgan fingerprint density at radius 1 is 1.13 bits per heavy atom. The molecule has 1 heterocycles. The van der Waals surface area contributed by atoms with Crippen molar-refractivity contribution in [2.75, 3.05) is 6.61 Å². The van der Waals surface area contributed by atoms with Gasteiger partial charge in [-0.1, -0.05) is 32.9 Å².